The zero-order valence-electron chi connectivity index (χ0n) is 11.3. The van der Waals surface area contributed by atoms with Gasteiger partial charge < -0.3 is 15.0 Å². The molecule has 3 heterocycles. The van der Waals surface area contributed by atoms with E-state index in [0.717, 1.165) is 18.9 Å². The lowest BCUT2D eigenvalue weighted by Gasteiger charge is -2.34. The average Bonchev–Trinajstić information content (AvgIpc) is 2.80. The summed E-state index contributed by atoms with van der Waals surface area (Å²) in [6.07, 6.45) is 1.24. The highest BCUT2D eigenvalue weighted by molar-refractivity contribution is 8.00. The fourth-order valence-corrected chi connectivity index (χ4v) is 3.83. The van der Waals surface area contributed by atoms with Crippen LogP contribution in [0, 0.1) is 10.1 Å². The summed E-state index contributed by atoms with van der Waals surface area (Å²) in [4.78, 5) is 16.7. The van der Waals surface area contributed by atoms with Crippen LogP contribution in [0.25, 0.3) is 5.65 Å². The van der Waals surface area contributed by atoms with Crippen LogP contribution in [0.1, 0.15) is 13.8 Å². The normalized spacial score (nSPS) is 23.2. The van der Waals surface area contributed by atoms with Crippen LogP contribution < -0.4 is 4.90 Å². The van der Waals surface area contributed by atoms with E-state index in [4.69, 9.17) is 0 Å². The predicted molar refractivity (Wildman–Crippen MR) is 78.4 cm³/mol. The molecule has 0 radical (unpaired) electrons. The molecule has 0 aliphatic carbocycles. The van der Waals surface area contributed by atoms with Crippen LogP contribution in [0.4, 0.5) is 11.6 Å². The molecule has 2 atom stereocenters. The van der Waals surface area contributed by atoms with Gasteiger partial charge in [-0.1, -0.05) is 23.5 Å². The maximum absolute atomic E-state index is 11.0. The maximum atomic E-state index is 11.0. The smallest absolute Gasteiger partial charge is 0.358 e. The van der Waals surface area contributed by atoms with E-state index >= 15 is 0 Å². The highest BCUT2D eigenvalue weighted by atomic mass is 32.2. The second-order valence-electron chi connectivity index (χ2n) is 5.00. The van der Waals surface area contributed by atoms with Crippen molar-refractivity contribution < 1.29 is 4.92 Å². The van der Waals surface area contributed by atoms with Gasteiger partial charge in [-0.2, -0.15) is 11.8 Å². The van der Waals surface area contributed by atoms with Crippen LogP contribution in [-0.4, -0.2) is 43.1 Å². The largest absolute Gasteiger partial charge is 0.368 e. The lowest BCUT2D eigenvalue weighted by atomic mass is 10.3. The quantitative estimate of drug-likeness (QED) is 0.622. The molecule has 1 aliphatic rings. The molecular weight excluding hydrogens is 278 g/mol. The molecule has 7 nitrogen and oxygen atoms in total. The third-order valence-electron chi connectivity index (χ3n) is 3.26. The van der Waals surface area contributed by atoms with E-state index in [1.54, 1.807) is 6.07 Å². The zero-order valence-corrected chi connectivity index (χ0v) is 12.1. The summed E-state index contributed by atoms with van der Waals surface area (Å²) in [5, 5.41) is 16.4. The first kappa shape index (κ1) is 13.2. The number of fused-ring (bicyclic) bond motifs is 1. The standard InChI is InChI=1S/C12H15N5O2S/c1-8-6-15(7-9(2)20-8)11-4-3-10-13-5-12(17(18)19)16(10)14-11/h3-5,8-9H,6-7H2,1-2H3. The number of hydrogen-bond acceptors (Lipinski definition) is 6. The first-order chi connectivity index (χ1) is 9.54. The van der Waals surface area contributed by atoms with Crippen molar-refractivity contribution in [1.82, 2.24) is 14.6 Å². The van der Waals surface area contributed by atoms with E-state index in [0.29, 0.717) is 16.1 Å². The van der Waals surface area contributed by atoms with Gasteiger partial charge in [-0.25, -0.2) is 4.98 Å². The van der Waals surface area contributed by atoms with E-state index in [1.807, 2.05) is 17.8 Å². The van der Waals surface area contributed by atoms with Gasteiger partial charge in [0.25, 0.3) is 0 Å². The summed E-state index contributed by atoms with van der Waals surface area (Å²) in [7, 11) is 0. The number of anilines is 1. The molecule has 20 heavy (non-hydrogen) atoms. The Kier molecular flexibility index (Phi) is 3.25. The molecule has 106 valence electrons. The van der Waals surface area contributed by atoms with Crippen LogP contribution in [-0.2, 0) is 0 Å². The van der Waals surface area contributed by atoms with Gasteiger partial charge >= 0.3 is 5.82 Å². The van der Waals surface area contributed by atoms with Gasteiger partial charge in [0.1, 0.15) is 6.20 Å². The van der Waals surface area contributed by atoms with Gasteiger partial charge in [-0.15, -0.1) is 0 Å². The minimum absolute atomic E-state index is 0.102. The summed E-state index contributed by atoms with van der Waals surface area (Å²) in [6, 6.07) is 3.65. The molecular formula is C12H15N5O2S. The van der Waals surface area contributed by atoms with Crippen molar-refractivity contribution in [2.45, 2.75) is 24.3 Å². The molecule has 1 fully saturated rings. The molecule has 2 aromatic heterocycles. The average molecular weight is 293 g/mol. The van der Waals surface area contributed by atoms with Crippen molar-refractivity contribution in [3.8, 4) is 0 Å². The Hall–Kier alpha value is -1.83. The second kappa shape index (κ2) is 4.93. The SMILES string of the molecule is CC1CN(c2ccc3ncc([N+](=O)[O-])n3n2)CC(C)S1. The lowest BCUT2D eigenvalue weighted by Crippen LogP contribution is -2.41. The number of nitrogens with zero attached hydrogens (tertiary/aromatic N) is 5. The molecule has 0 N–H and O–H groups in total. The van der Waals surface area contributed by atoms with Crippen LogP contribution in [0.15, 0.2) is 18.3 Å². The summed E-state index contributed by atoms with van der Waals surface area (Å²) >= 11 is 1.96. The molecule has 0 bridgehead atoms. The Balaban J connectivity index is 1.99. The Morgan fingerprint density at radius 1 is 1.35 bits per heavy atom. The second-order valence-corrected chi connectivity index (χ2v) is 6.88. The fraction of sp³-hybridized carbons (Fsp3) is 0.500. The molecule has 8 heteroatoms. The van der Waals surface area contributed by atoms with E-state index in [9.17, 15) is 10.1 Å². The Morgan fingerprint density at radius 2 is 2.05 bits per heavy atom. The van der Waals surface area contributed by atoms with E-state index < -0.39 is 4.92 Å². The van der Waals surface area contributed by atoms with Gasteiger partial charge in [0.2, 0.25) is 5.65 Å². The van der Waals surface area contributed by atoms with Crippen LogP contribution in [0.5, 0.6) is 0 Å². The number of thioether (sulfide) groups is 1. The Bertz CT molecular complexity index is 648. The van der Waals surface area contributed by atoms with Gasteiger partial charge in [0.05, 0.1) is 0 Å². The minimum Gasteiger partial charge on any atom is -0.358 e. The van der Waals surface area contributed by atoms with Gasteiger partial charge in [-0.05, 0) is 11.0 Å². The number of aromatic nitrogens is 3. The summed E-state index contributed by atoms with van der Waals surface area (Å²) < 4.78 is 1.30. The topological polar surface area (TPSA) is 76.6 Å². The molecule has 1 saturated heterocycles. The lowest BCUT2D eigenvalue weighted by molar-refractivity contribution is -0.391. The highest BCUT2D eigenvalue weighted by Crippen LogP contribution is 2.28. The van der Waals surface area contributed by atoms with E-state index in [1.165, 1.54) is 10.7 Å². The fourth-order valence-electron chi connectivity index (χ4n) is 2.51. The van der Waals surface area contributed by atoms with Crippen molar-refractivity contribution >= 4 is 29.0 Å². The number of rotatable bonds is 2. The van der Waals surface area contributed by atoms with Crippen molar-refractivity contribution in [3.63, 3.8) is 0 Å². The number of imidazole rings is 1. The van der Waals surface area contributed by atoms with Crippen LogP contribution in [0.3, 0.4) is 0 Å². The molecule has 0 spiro atoms. The molecule has 2 aromatic rings. The van der Waals surface area contributed by atoms with Gasteiger partial charge in [0.15, 0.2) is 5.82 Å². The van der Waals surface area contributed by atoms with E-state index in [2.05, 4.69) is 28.8 Å². The van der Waals surface area contributed by atoms with Crippen molar-refractivity contribution in [3.05, 3.63) is 28.4 Å². The monoisotopic (exact) mass is 293 g/mol. The summed E-state index contributed by atoms with van der Waals surface area (Å²) in [6.45, 7) is 6.17. The van der Waals surface area contributed by atoms with Gasteiger partial charge in [-0.3, -0.25) is 0 Å². The third kappa shape index (κ3) is 2.31. The van der Waals surface area contributed by atoms with Crippen LogP contribution >= 0.6 is 11.8 Å². The molecule has 3 rings (SSSR count). The summed E-state index contributed by atoms with van der Waals surface area (Å²) in [5.41, 5.74) is 0.493. The molecule has 0 amide bonds. The molecule has 0 aromatic carbocycles. The van der Waals surface area contributed by atoms with E-state index in [-0.39, 0.29) is 5.82 Å². The van der Waals surface area contributed by atoms with Crippen molar-refractivity contribution in [2.75, 3.05) is 18.0 Å². The van der Waals surface area contributed by atoms with Crippen molar-refractivity contribution in [2.24, 2.45) is 0 Å². The number of hydrogen-bond donors (Lipinski definition) is 0. The third-order valence-corrected chi connectivity index (χ3v) is 4.49. The van der Waals surface area contributed by atoms with Crippen LogP contribution in [0.2, 0.25) is 0 Å². The van der Waals surface area contributed by atoms with Crippen molar-refractivity contribution in [1.29, 1.82) is 0 Å². The summed E-state index contributed by atoms with van der Waals surface area (Å²) in [5.74, 6) is 0.659. The molecule has 2 unspecified atom stereocenters. The predicted octanol–water partition coefficient (Wildman–Crippen LogP) is 1.97. The first-order valence-electron chi connectivity index (χ1n) is 6.44. The Morgan fingerprint density at radius 3 is 2.70 bits per heavy atom. The highest BCUT2D eigenvalue weighted by Gasteiger charge is 2.25. The number of nitro groups is 1. The maximum Gasteiger partial charge on any atom is 0.368 e. The Labute approximate surface area is 120 Å². The molecule has 0 saturated carbocycles. The minimum atomic E-state index is -0.464. The zero-order chi connectivity index (χ0) is 14.3. The first-order valence-corrected chi connectivity index (χ1v) is 7.38. The molecule has 1 aliphatic heterocycles. The van der Waals surface area contributed by atoms with Gasteiger partial charge in [0, 0.05) is 29.7 Å².